The largest absolute Gasteiger partial charge is 0.285 e. The van der Waals surface area contributed by atoms with Crippen LogP contribution in [-0.4, -0.2) is 18.7 Å². The molecule has 0 bridgehead atoms. The number of nitrogens with zero attached hydrogens (tertiary/aromatic N) is 4. The lowest BCUT2D eigenvalue weighted by Gasteiger charge is -2.11. The van der Waals surface area contributed by atoms with Gasteiger partial charge in [0.15, 0.2) is 0 Å². The number of hydrogen-bond acceptors (Lipinski definition) is 2. The fraction of sp³-hybridized carbons (Fsp3) is 0.250. The summed E-state index contributed by atoms with van der Waals surface area (Å²) >= 11 is 3.28. The smallest absolute Gasteiger partial charge is 0.283 e. The number of benzene rings is 2. The Morgan fingerprint density at radius 3 is 1.67 bits per heavy atom. The van der Waals surface area contributed by atoms with Crippen molar-refractivity contribution >= 4 is 15.9 Å². The van der Waals surface area contributed by atoms with Crippen LogP contribution in [0.15, 0.2) is 68.7 Å². The van der Waals surface area contributed by atoms with Crippen LogP contribution in [0, 0.1) is 25.5 Å². The molecule has 0 aliphatic carbocycles. The number of aryl methyl sites for hydroxylation is 1. The molecule has 0 aliphatic heterocycles. The predicted octanol–water partition coefficient (Wildman–Crippen LogP) is 4.98. The van der Waals surface area contributed by atoms with E-state index in [2.05, 4.69) is 15.9 Å². The van der Waals surface area contributed by atoms with E-state index in [1.165, 1.54) is 24.3 Å². The first-order valence-electron chi connectivity index (χ1n) is 10.5. The van der Waals surface area contributed by atoms with E-state index in [-0.39, 0.29) is 22.8 Å². The summed E-state index contributed by atoms with van der Waals surface area (Å²) in [5.74, 6) is -0.615. The van der Waals surface area contributed by atoms with E-state index in [1.807, 2.05) is 37.1 Å². The molecule has 0 radical (unpaired) electrons. The minimum absolute atomic E-state index is 0.0917. The second-order valence-corrected chi connectivity index (χ2v) is 8.13. The van der Waals surface area contributed by atoms with E-state index in [1.54, 1.807) is 39.7 Å². The lowest BCUT2D eigenvalue weighted by molar-refractivity contribution is 0.558. The fourth-order valence-corrected chi connectivity index (χ4v) is 4.04. The number of halogens is 3. The van der Waals surface area contributed by atoms with Crippen molar-refractivity contribution < 1.29 is 8.78 Å². The Morgan fingerprint density at radius 2 is 1.21 bits per heavy atom. The Labute approximate surface area is 198 Å². The van der Waals surface area contributed by atoms with Gasteiger partial charge in [-0.15, -0.1) is 0 Å². The van der Waals surface area contributed by atoms with Gasteiger partial charge in [-0.2, -0.15) is 0 Å². The molecule has 0 N–H and O–H groups in total. The zero-order chi connectivity index (χ0) is 24.3. The van der Waals surface area contributed by atoms with E-state index in [0.29, 0.717) is 28.9 Å². The summed E-state index contributed by atoms with van der Waals surface area (Å²) in [5.41, 5.74) is 2.88. The van der Waals surface area contributed by atoms with Gasteiger partial charge in [-0.05, 0) is 92.2 Å². The fourth-order valence-electron chi connectivity index (χ4n) is 3.67. The van der Waals surface area contributed by atoms with Crippen LogP contribution in [0.1, 0.15) is 25.2 Å². The van der Waals surface area contributed by atoms with Gasteiger partial charge in [0.1, 0.15) is 16.1 Å². The quantitative estimate of drug-likeness (QED) is 0.382. The maximum atomic E-state index is 12.9. The van der Waals surface area contributed by atoms with Crippen LogP contribution in [0.3, 0.4) is 0 Å². The summed E-state index contributed by atoms with van der Waals surface area (Å²) in [5, 5.41) is 0. The molecule has 2 aromatic carbocycles. The summed E-state index contributed by atoms with van der Waals surface area (Å²) in [6, 6.07) is 13.4. The second kappa shape index (κ2) is 10.2. The van der Waals surface area contributed by atoms with Gasteiger partial charge in [0.2, 0.25) is 0 Å². The normalized spacial score (nSPS) is 10.8. The monoisotopic (exact) mass is 518 g/mol. The molecule has 9 heteroatoms. The Bertz CT molecular complexity index is 1360. The Hall–Kier alpha value is -3.20. The molecule has 4 aromatic rings. The summed E-state index contributed by atoms with van der Waals surface area (Å²) in [4.78, 5) is 23.8. The summed E-state index contributed by atoms with van der Waals surface area (Å²) < 4.78 is 33.0. The SMILES string of the molecule is CCn1c(C)c(Br)c(=O)n1-c1ccc(F)cc1.CCn1c(C)cc(=O)n1-c1ccc(F)cc1. The van der Waals surface area contributed by atoms with Crippen molar-refractivity contribution in [2.24, 2.45) is 0 Å². The van der Waals surface area contributed by atoms with E-state index >= 15 is 0 Å². The Balaban J connectivity index is 0.000000186. The molecule has 2 aromatic heterocycles. The highest BCUT2D eigenvalue weighted by molar-refractivity contribution is 9.10. The lowest BCUT2D eigenvalue weighted by Crippen LogP contribution is -2.21. The molecule has 2 heterocycles. The Morgan fingerprint density at radius 1 is 0.758 bits per heavy atom. The third-order valence-electron chi connectivity index (χ3n) is 5.26. The predicted molar refractivity (Wildman–Crippen MR) is 128 cm³/mol. The van der Waals surface area contributed by atoms with E-state index in [4.69, 9.17) is 0 Å². The maximum absolute atomic E-state index is 12.9. The highest BCUT2D eigenvalue weighted by Gasteiger charge is 2.14. The van der Waals surface area contributed by atoms with Crippen LogP contribution in [0.5, 0.6) is 0 Å². The van der Waals surface area contributed by atoms with Crippen molar-refractivity contribution in [2.75, 3.05) is 0 Å². The minimum atomic E-state index is -0.313. The van der Waals surface area contributed by atoms with Gasteiger partial charge in [0.25, 0.3) is 11.1 Å². The van der Waals surface area contributed by atoms with Crippen molar-refractivity contribution in [1.29, 1.82) is 0 Å². The van der Waals surface area contributed by atoms with Crippen molar-refractivity contribution in [1.82, 2.24) is 18.7 Å². The molecule has 0 spiro atoms. The first-order chi connectivity index (χ1) is 15.7. The number of rotatable bonds is 4. The first kappa shape index (κ1) is 24.4. The van der Waals surface area contributed by atoms with Crippen LogP contribution >= 0.6 is 15.9 Å². The van der Waals surface area contributed by atoms with Crippen molar-refractivity contribution in [3.63, 3.8) is 0 Å². The van der Waals surface area contributed by atoms with Crippen LogP contribution in [0.2, 0.25) is 0 Å². The van der Waals surface area contributed by atoms with Gasteiger partial charge >= 0.3 is 0 Å². The van der Waals surface area contributed by atoms with Gasteiger partial charge in [0, 0.05) is 24.8 Å². The lowest BCUT2D eigenvalue weighted by atomic mass is 10.3. The average molecular weight is 519 g/mol. The molecule has 4 rings (SSSR count). The highest BCUT2D eigenvalue weighted by Crippen LogP contribution is 2.16. The maximum Gasteiger partial charge on any atom is 0.285 e. The zero-order valence-corrected chi connectivity index (χ0v) is 20.4. The van der Waals surface area contributed by atoms with Gasteiger partial charge in [-0.25, -0.2) is 18.1 Å². The third-order valence-corrected chi connectivity index (χ3v) is 6.17. The molecule has 0 saturated heterocycles. The standard InChI is InChI=1S/C12H12BrFN2O.C12H13FN2O/c1-3-15-8(2)11(13)12(17)16(15)10-6-4-9(14)5-7-10;1-3-14-9(2)8-12(16)15(14)11-6-4-10(13)5-7-11/h4-7H,3H2,1-2H3;4-8H,3H2,1-2H3. The van der Waals surface area contributed by atoms with Crippen LogP contribution in [-0.2, 0) is 13.1 Å². The molecule has 33 heavy (non-hydrogen) atoms. The van der Waals surface area contributed by atoms with Crippen LogP contribution in [0.25, 0.3) is 11.4 Å². The topological polar surface area (TPSA) is 53.9 Å². The minimum Gasteiger partial charge on any atom is -0.283 e. The molecule has 0 unspecified atom stereocenters. The molecule has 174 valence electrons. The van der Waals surface area contributed by atoms with Crippen molar-refractivity contribution in [3.8, 4) is 11.4 Å². The molecule has 0 amide bonds. The summed E-state index contributed by atoms with van der Waals surface area (Å²) in [6.07, 6.45) is 0. The molecular formula is C24H25BrF2N4O2. The molecule has 0 fully saturated rings. The molecular weight excluding hydrogens is 494 g/mol. The van der Waals surface area contributed by atoms with Crippen molar-refractivity contribution in [2.45, 2.75) is 40.8 Å². The average Bonchev–Trinajstić information content (AvgIpc) is 3.21. The van der Waals surface area contributed by atoms with Crippen LogP contribution < -0.4 is 11.1 Å². The molecule has 0 aliphatic rings. The van der Waals surface area contributed by atoms with E-state index < -0.39 is 0 Å². The van der Waals surface area contributed by atoms with Gasteiger partial charge in [-0.3, -0.25) is 19.0 Å². The highest BCUT2D eigenvalue weighted by atomic mass is 79.9. The Kier molecular flexibility index (Phi) is 7.53. The van der Waals surface area contributed by atoms with Gasteiger partial charge in [0.05, 0.1) is 17.1 Å². The number of hydrogen-bond donors (Lipinski definition) is 0. The van der Waals surface area contributed by atoms with E-state index in [0.717, 1.165) is 11.4 Å². The van der Waals surface area contributed by atoms with Crippen molar-refractivity contribution in [3.05, 3.63) is 103 Å². The third kappa shape index (κ3) is 4.93. The summed E-state index contributed by atoms with van der Waals surface area (Å²) in [7, 11) is 0. The molecule has 0 saturated carbocycles. The first-order valence-corrected chi connectivity index (χ1v) is 11.3. The van der Waals surface area contributed by atoms with Gasteiger partial charge in [-0.1, -0.05) is 0 Å². The molecule has 0 atom stereocenters. The molecule has 6 nitrogen and oxygen atoms in total. The number of aromatic nitrogens is 4. The van der Waals surface area contributed by atoms with Gasteiger partial charge < -0.3 is 0 Å². The second-order valence-electron chi connectivity index (χ2n) is 7.34. The van der Waals surface area contributed by atoms with E-state index in [9.17, 15) is 18.4 Å². The van der Waals surface area contributed by atoms with Crippen LogP contribution in [0.4, 0.5) is 8.78 Å². The zero-order valence-electron chi connectivity index (χ0n) is 18.8. The summed E-state index contributed by atoms with van der Waals surface area (Å²) in [6.45, 7) is 9.04.